The fourth-order valence-corrected chi connectivity index (χ4v) is 1.87. The van der Waals surface area contributed by atoms with E-state index in [-0.39, 0.29) is 39.6 Å². The van der Waals surface area contributed by atoms with E-state index in [4.69, 9.17) is 33.5 Å². The smallest absolute Gasteiger partial charge is 0.368 e. The molecule has 0 aliphatic heterocycles. The molecule has 0 rings (SSSR count). The molecule has 0 aromatic heterocycles. The summed E-state index contributed by atoms with van der Waals surface area (Å²) in [6, 6.07) is 0. The fraction of sp³-hybridized carbons (Fsp3) is 0.571. The molecule has 0 spiro atoms. The van der Waals surface area contributed by atoms with Crippen LogP contribution in [0.25, 0.3) is 0 Å². The molecule has 8 heteroatoms. The van der Waals surface area contributed by atoms with Crippen LogP contribution in [0.1, 0.15) is 0 Å². The van der Waals surface area contributed by atoms with Gasteiger partial charge < -0.3 is 14.2 Å². The van der Waals surface area contributed by atoms with Crippen LogP contribution in [-0.4, -0.2) is 46.2 Å². The number of rotatable bonds is 12. The molecule has 0 aliphatic carbocycles. The Hall–Kier alpha value is -1.39. The van der Waals surface area contributed by atoms with Crippen LogP contribution in [0, 0.1) is 42.4 Å². The lowest BCUT2D eigenvalue weighted by atomic mass is 9.92. The van der Waals surface area contributed by atoms with Gasteiger partial charge >= 0.3 is 7.99 Å². The van der Waals surface area contributed by atoms with E-state index in [1.165, 1.54) is 0 Å². The van der Waals surface area contributed by atoms with Gasteiger partial charge in [-0.15, -0.1) is 27.7 Å². The average Bonchev–Trinajstić information content (AvgIpc) is 2.45. The van der Waals surface area contributed by atoms with Crippen LogP contribution in [0.2, 0.25) is 0 Å². The molecule has 22 heavy (non-hydrogen) atoms. The summed E-state index contributed by atoms with van der Waals surface area (Å²) in [6.07, 6.45) is 15.2. The Bertz CT molecular complexity index is 433. The normalized spacial score (nSPS) is 11.4. The van der Waals surface area contributed by atoms with Gasteiger partial charge in [0.25, 0.3) is 0 Å². The summed E-state index contributed by atoms with van der Waals surface area (Å²) in [6.45, 7) is -1.12. The van der Waals surface area contributed by atoms with Gasteiger partial charge in [0, 0.05) is 0 Å². The first kappa shape index (κ1) is 20.6. The summed E-state index contributed by atoms with van der Waals surface area (Å²) < 4.78 is 55.1. The van der Waals surface area contributed by atoms with Crippen LogP contribution in [-0.2, 0) is 23.3 Å². The van der Waals surface area contributed by atoms with Crippen LogP contribution in [0.5, 0.6) is 0 Å². The summed E-state index contributed by atoms with van der Waals surface area (Å²) in [5.74, 6) is 6.70. The van der Waals surface area contributed by atoms with Gasteiger partial charge in [0.1, 0.15) is 19.8 Å². The van der Waals surface area contributed by atoms with Gasteiger partial charge in [0.2, 0.25) is 0 Å². The van der Waals surface area contributed by atoms with E-state index in [2.05, 4.69) is 22.3 Å². The topological polar surface area (TPSA) is 54.0 Å². The van der Waals surface area contributed by atoms with Gasteiger partial charge in [-0.3, -0.25) is 4.52 Å². The Morgan fingerprint density at radius 1 is 0.818 bits per heavy atom. The maximum absolute atomic E-state index is 12.5. The molecule has 0 N–H and O–H groups in total. The zero-order valence-corrected chi connectivity index (χ0v) is 12.8. The lowest BCUT2D eigenvalue weighted by molar-refractivity contribution is -0.0768. The zero-order valence-electron chi connectivity index (χ0n) is 11.9. The molecular weight excluding hydrogens is 317 g/mol. The van der Waals surface area contributed by atoms with E-state index in [9.17, 15) is 13.0 Å². The summed E-state index contributed by atoms with van der Waals surface area (Å²) in [7, 11) is -5.67. The van der Waals surface area contributed by atoms with Gasteiger partial charge in [0.15, 0.2) is 0 Å². The van der Waals surface area contributed by atoms with Gasteiger partial charge in [-0.05, 0) is 0 Å². The highest BCUT2D eigenvalue weighted by molar-refractivity contribution is 7.47. The molecule has 0 atom stereocenters. The number of hydrogen-bond acceptors (Lipinski definition) is 5. The zero-order chi connectivity index (χ0) is 16.9. The van der Waals surface area contributed by atoms with Crippen molar-refractivity contribution in [2.45, 2.75) is 0 Å². The van der Waals surface area contributed by atoms with Crippen LogP contribution in [0.4, 0.5) is 8.39 Å². The van der Waals surface area contributed by atoms with Crippen LogP contribution in [0.15, 0.2) is 0 Å². The third-order valence-corrected chi connectivity index (χ3v) is 2.73. The van der Waals surface area contributed by atoms with Gasteiger partial charge in [0.05, 0.1) is 31.8 Å². The largest absolute Gasteiger partial charge is 0.551 e. The van der Waals surface area contributed by atoms with Crippen molar-refractivity contribution in [3.63, 3.8) is 0 Å². The maximum Gasteiger partial charge on any atom is 0.551 e. The lowest BCUT2D eigenvalue weighted by Crippen LogP contribution is -2.41. The van der Waals surface area contributed by atoms with E-state index in [1.807, 2.05) is 0 Å². The Morgan fingerprint density at radius 3 is 1.45 bits per heavy atom. The fourth-order valence-electron chi connectivity index (χ4n) is 1.44. The second-order valence-electron chi connectivity index (χ2n) is 4.28. The molecule has 0 radical (unpaired) electrons. The number of terminal acetylenes is 3. The minimum absolute atomic E-state index is 0.0467. The van der Waals surface area contributed by atoms with Crippen molar-refractivity contribution in [1.29, 1.82) is 0 Å². The van der Waals surface area contributed by atoms with E-state index in [0.717, 1.165) is 0 Å². The Kier molecular flexibility index (Phi) is 10.5. The molecule has 0 aliphatic rings. The van der Waals surface area contributed by atoms with Crippen molar-refractivity contribution in [2.24, 2.45) is 5.41 Å². The minimum atomic E-state index is -5.67. The maximum atomic E-state index is 12.5. The van der Waals surface area contributed by atoms with Crippen molar-refractivity contribution in [1.82, 2.24) is 0 Å². The molecule has 0 saturated carbocycles. The van der Waals surface area contributed by atoms with Gasteiger partial charge in [-0.25, -0.2) is 4.57 Å². The summed E-state index contributed by atoms with van der Waals surface area (Å²) in [4.78, 5) is 0. The SMILES string of the molecule is C#CCOCC(COCC#C)(COCC#C)COP(=O)(F)F. The van der Waals surface area contributed by atoms with E-state index in [1.54, 1.807) is 0 Å². The standard InChI is InChI=1S/C14H17F2O5P/c1-4-7-18-10-14(11-19-8-5-2,12-20-9-6-3)13-21-22(15,16)17/h1-3H,7-13H2. The second-order valence-corrected chi connectivity index (χ2v) is 5.37. The molecule has 0 aromatic carbocycles. The highest BCUT2D eigenvalue weighted by Gasteiger charge is 2.36. The monoisotopic (exact) mass is 334 g/mol. The number of ether oxygens (including phenoxy) is 3. The first-order chi connectivity index (χ1) is 10.4. The van der Waals surface area contributed by atoms with Crippen molar-refractivity contribution >= 4 is 7.99 Å². The lowest BCUT2D eigenvalue weighted by Gasteiger charge is -2.31. The predicted molar refractivity (Wildman–Crippen MR) is 77.2 cm³/mol. The van der Waals surface area contributed by atoms with E-state index < -0.39 is 20.0 Å². The van der Waals surface area contributed by atoms with Crippen molar-refractivity contribution in [3.05, 3.63) is 0 Å². The third kappa shape index (κ3) is 10.4. The number of halogens is 2. The molecular formula is C14H17F2O5P. The molecule has 0 saturated heterocycles. The van der Waals surface area contributed by atoms with Crippen LogP contribution < -0.4 is 0 Å². The molecule has 0 amide bonds. The first-order valence-electron chi connectivity index (χ1n) is 6.06. The summed E-state index contributed by atoms with van der Waals surface area (Å²) >= 11 is 0. The van der Waals surface area contributed by atoms with E-state index >= 15 is 0 Å². The van der Waals surface area contributed by atoms with Crippen LogP contribution >= 0.6 is 7.99 Å². The van der Waals surface area contributed by atoms with Gasteiger partial charge in [-0.2, -0.15) is 0 Å². The molecule has 5 nitrogen and oxygen atoms in total. The van der Waals surface area contributed by atoms with Crippen molar-refractivity contribution < 1.29 is 31.7 Å². The van der Waals surface area contributed by atoms with Crippen molar-refractivity contribution in [2.75, 3.05) is 46.2 Å². The second kappa shape index (κ2) is 11.2. The Morgan fingerprint density at radius 2 is 1.18 bits per heavy atom. The van der Waals surface area contributed by atoms with Gasteiger partial charge in [-0.1, -0.05) is 17.8 Å². The Balaban J connectivity index is 4.93. The highest BCUT2D eigenvalue weighted by atomic mass is 31.2. The average molecular weight is 334 g/mol. The molecule has 0 fully saturated rings. The molecule has 0 aromatic rings. The third-order valence-electron chi connectivity index (χ3n) is 2.30. The van der Waals surface area contributed by atoms with Crippen LogP contribution in [0.3, 0.4) is 0 Å². The summed E-state index contributed by atoms with van der Waals surface area (Å²) in [5, 5.41) is 0. The highest BCUT2D eigenvalue weighted by Crippen LogP contribution is 2.51. The molecule has 0 heterocycles. The minimum Gasteiger partial charge on any atom is -0.368 e. The van der Waals surface area contributed by atoms with E-state index in [0.29, 0.717) is 0 Å². The van der Waals surface area contributed by atoms with Crippen molar-refractivity contribution in [3.8, 4) is 37.0 Å². The number of hydrogen-bond donors (Lipinski definition) is 0. The molecule has 0 bridgehead atoms. The predicted octanol–water partition coefficient (Wildman–Crippen LogP) is 1.99. The Labute approximate surface area is 129 Å². The first-order valence-corrected chi connectivity index (χ1v) is 7.47. The summed E-state index contributed by atoms with van der Waals surface area (Å²) in [5.41, 5.74) is -1.17. The quantitative estimate of drug-likeness (QED) is 0.310. The molecule has 122 valence electrons. The molecule has 0 unspecified atom stereocenters.